The van der Waals surface area contributed by atoms with Gasteiger partial charge in [-0.05, 0) is 29.8 Å². The molecule has 0 aromatic heterocycles. The van der Waals surface area contributed by atoms with Crippen molar-refractivity contribution >= 4 is 11.7 Å². The van der Waals surface area contributed by atoms with Gasteiger partial charge in [0.2, 0.25) is 0 Å². The molecule has 1 aliphatic rings. The molecule has 0 aliphatic carbocycles. The van der Waals surface area contributed by atoms with Crippen molar-refractivity contribution < 1.29 is 18.7 Å². The Labute approximate surface area is 164 Å². The molecule has 0 radical (unpaired) electrons. The quantitative estimate of drug-likeness (QED) is 0.743. The molecule has 1 aliphatic heterocycles. The van der Waals surface area contributed by atoms with Crippen LogP contribution in [0.3, 0.4) is 0 Å². The zero-order chi connectivity index (χ0) is 19.8. The van der Waals surface area contributed by atoms with Gasteiger partial charge >= 0.3 is 6.03 Å². The molecule has 2 amide bonds. The van der Waals surface area contributed by atoms with Gasteiger partial charge in [-0.3, -0.25) is 0 Å². The molecular weight excluding hydrogens is 361 g/mol. The first kappa shape index (κ1) is 19.9. The van der Waals surface area contributed by atoms with Crippen LogP contribution in [0.5, 0.6) is 5.75 Å². The van der Waals surface area contributed by atoms with Crippen molar-refractivity contribution in [1.82, 2.24) is 10.2 Å². The van der Waals surface area contributed by atoms with E-state index in [9.17, 15) is 9.18 Å². The first-order valence-electron chi connectivity index (χ1n) is 9.39. The third-order valence-corrected chi connectivity index (χ3v) is 4.63. The number of carbonyl (C=O) groups excluding carboxylic acids is 1. The largest absolute Gasteiger partial charge is 0.489 e. The van der Waals surface area contributed by atoms with Crippen LogP contribution in [0, 0.1) is 5.82 Å². The standard InChI is InChI=1S/C21H26FN3O3/c1-27-13-8-23-21(26)25-11-9-24(10-12-25)19-6-3-7-20(15-19)28-16-17-4-2-5-18(22)14-17/h2-7,14-15H,8-13,16H2,1H3,(H,23,26). The van der Waals surface area contributed by atoms with Crippen molar-refractivity contribution in [2.75, 3.05) is 51.3 Å². The number of halogens is 1. The Kier molecular flexibility index (Phi) is 7.08. The summed E-state index contributed by atoms with van der Waals surface area (Å²) in [6.45, 7) is 4.17. The Hall–Kier alpha value is -2.80. The number of ether oxygens (including phenoxy) is 2. The summed E-state index contributed by atoms with van der Waals surface area (Å²) < 4.78 is 24.0. The smallest absolute Gasteiger partial charge is 0.317 e. The molecule has 7 heteroatoms. The zero-order valence-electron chi connectivity index (χ0n) is 16.1. The molecule has 0 bridgehead atoms. The van der Waals surface area contributed by atoms with Crippen molar-refractivity contribution in [3.63, 3.8) is 0 Å². The summed E-state index contributed by atoms with van der Waals surface area (Å²) in [5.41, 5.74) is 1.84. The van der Waals surface area contributed by atoms with E-state index in [1.165, 1.54) is 12.1 Å². The first-order valence-corrected chi connectivity index (χ1v) is 9.39. The number of rotatable bonds is 7. The number of hydrogen-bond acceptors (Lipinski definition) is 4. The second kappa shape index (κ2) is 9.94. The minimum absolute atomic E-state index is 0.0520. The molecule has 0 atom stereocenters. The molecule has 2 aromatic carbocycles. The molecule has 150 valence electrons. The third-order valence-electron chi connectivity index (χ3n) is 4.63. The molecule has 0 unspecified atom stereocenters. The highest BCUT2D eigenvalue weighted by atomic mass is 19.1. The molecule has 1 heterocycles. The number of nitrogens with zero attached hydrogens (tertiary/aromatic N) is 2. The summed E-state index contributed by atoms with van der Waals surface area (Å²) in [6, 6.07) is 14.2. The van der Waals surface area contributed by atoms with Crippen molar-refractivity contribution in [2.45, 2.75) is 6.61 Å². The Balaban J connectivity index is 1.51. The number of methoxy groups -OCH3 is 1. The predicted molar refractivity (Wildman–Crippen MR) is 106 cm³/mol. The molecule has 0 saturated carbocycles. The summed E-state index contributed by atoms with van der Waals surface area (Å²) in [5.74, 6) is 0.473. The van der Waals surface area contributed by atoms with E-state index in [-0.39, 0.29) is 11.8 Å². The summed E-state index contributed by atoms with van der Waals surface area (Å²) >= 11 is 0. The number of carbonyl (C=O) groups is 1. The van der Waals surface area contributed by atoms with Crippen LogP contribution >= 0.6 is 0 Å². The van der Waals surface area contributed by atoms with E-state index in [1.807, 2.05) is 35.2 Å². The van der Waals surface area contributed by atoms with Gasteiger partial charge in [0.25, 0.3) is 0 Å². The molecule has 3 rings (SSSR count). The van der Waals surface area contributed by atoms with E-state index < -0.39 is 0 Å². The van der Waals surface area contributed by atoms with Crippen LogP contribution < -0.4 is 15.0 Å². The summed E-state index contributed by atoms with van der Waals surface area (Å²) in [6.07, 6.45) is 0. The van der Waals surface area contributed by atoms with Crippen molar-refractivity contribution in [2.24, 2.45) is 0 Å². The monoisotopic (exact) mass is 387 g/mol. The Morgan fingerprint density at radius 1 is 1.11 bits per heavy atom. The third kappa shape index (κ3) is 5.60. The Morgan fingerprint density at radius 3 is 2.64 bits per heavy atom. The van der Waals surface area contributed by atoms with Crippen molar-refractivity contribution in [3.05, 3.63) is 59.9 Å². The maximum atomic E-state index is 13.3. The maximum Gasteiger partial charge on any atom is 0.317 e. The first-order chi connectivity index (χ1) is 13.7. The molecule has 1 saturated heterocycles. The average Bonchev–Trinajstić information content (AvgIpc) is 2.73. The van der Waals surface area contributed by atoms with Crippen LogP contribution in [0.4, 0.5) is 14.9 Å². The fourth-order valence-corrected chi connectivity index (χ4v) is 3.10. The van der Waals surface area contributed by atoms with Gasteiger partial charge in [0.1, 0.15) is 18.2 Å². The maximum absolute atomic E-state index is 13.3. The number of anilines is 1. The molecule has 2 aromatic rings. The minimum Gasteiger partial charge on any atom is -0.489 e. The molecule has 0 spiro atoms. The van der Waals surface area contributed by atoms with Crippen LogP contribution in [0.2, 0.25) is 0 Å². The summed E-state index contributed by atoms with van der Waals surface area (Å²) in [5, 5.41) is 2.85. The number of hydrogen-bond donors (Lipinski definition) is 1. The molecule has 1 N–H and O–H groups in total. The van der Waals surface area contributed by atoms with E-state index in [4.69, 9.17) is 9.47 Å². The van der Waals surface area contributed by atoms with Gasteiger partial charge in [-0.25, -0.2) is 9.18 Å². The van der Waals surface area contributed by atoms with Crippen LogP contribution in [0.1, 0.15) is 5.56 Å². The van der Waals surface area contributed by atoms with Gasteiger partial charge in [-0.1, -0.05) is 18.2 Å². The van der Waals surface area contributed by atoms with Gasteiger partial charge in [0, 0.05) is 51.6 Å². The van der Waals surface area contributed by atoms with Crippen molar-refractivity contribution in [1.29, 1.82) is 0 Å². The topological polar surface area (TPSA) is 54.0 Å². The van der Waals surface area contributed by atoms with Crippen LogP contribution in [0.25, 0.3) is 0 Å². The second-order valence-electron chi connectivity index (χ2n) is 6.61. The van der Waals surface area contributed by atoms with E-state index >= 15 is 0 Å². The number of amides is 2. The van der Waals surface area contributed by atoms with Gasteiger partial charge < -0.3 is 24.6 Å². The second-order valence-corrected chi connectivity index (χ2v) is 6.61. The lowest BCUT2D eigenvalue weighted by Crippen LogP contribution is -2.52. The highest BCUT2D eigenvalue weighted by Gasteiger charge is 2.21. The fraction of sp³-hybridized carbons (Fsp3) is 0.381. The van der Waals surface area contributed by atoms with E-state index in [2.05, 4.69) is 10.2 Å². The van der Waals surface area contributed by atoms with Crippen LogP contribution in [-0.4, -0.2) is 57.4 Å². The summed E-state index contributed by atoms with van der Waals surface area (Å²) in [7, 11) is 1.61. The molecule has 1 fully saturated rings. The SMILES string of the molecule is COCCNC(=O)N1CCN(c2cccc(OCc3cccc(F)c3)c2)CC1. The fourth-order valence-electron chi connectivity index (χ4n) is 3.10. The highest BCUT2D eigenvalue weighted by Crippen LogP contribution is 2.23. The minimum atomic E-state index is -0.265. The van der Waals surface area contributed by atoms with Crippen LogP contribution in [-0.2, 0) is 11.3 Å². The predicted octanol–water partition coefficient (Wildman–Crippen LogP) is 2.88. The van der Waals surface area contributed by atoms with Gasteiger partial charge in [0.05, 0.1) is 6.61 Å². The number of piperazine rings is 1. The van der Waals surface area contributed by atoms with E-state index in [0.29, 0.717) is 32.8 Å². The number of benzene rings is 2. The summed E-state index contributed by atoms with van der Waals surface area (Å²) in [4.78, 5) is 16.2. The highest BCUT2D eigenvalue weighted by molar-refractivity contribution is 5.74. The van der Waals surface area contributed by atoms with E-state index in [1.54, 1.807) is 13.2 Å². The average molecular weight is 387 g/mol. The lowest BCUT2D eigenvalue weighted by Gasteiger charge is -2.36. The Morgan fingerprint density at radius 2 is 1.89 bits per heavy atom. The lowest BCUT2D eigenvalue weighted by atomic mass is 10.2. The zero-order valence-corrected chi connectivity index (χ0v) is 16.1. The van der Waals surface area contributed by atoms with Gasteiger partial charge in [-0.2, -0.15) is 0 Å². The van der Waals surface area contributed by atoms with Gasteiger partial charge in [-0.15, -0.1) is 0 Å². The van der Waals surface area contributed by atoms with E-state index in [0.717, 1.165) is 30.1 Å². The lowest BCUT2D eigenvalue weighted by molar-refractivity contribution is 0.177. The van der Waals surface area contributed by atoms with Crippen LogP contribution in [0.15, 0.2) is 48.5 Å². The number of urea groups is 1. The normalized spacial score (nSPS) is 14.1. The molecular formula is C21H26FN3O3. The Bertz CT molecular complexity index is 779. The van der Waals surface area contributed by atoms with Crippen molar-refractivity contribution in [3.8, 4) is 5.75 Å². The molecule has 28 heavy (non-hydrogen) atoms. The van der Waals surface area contributed by atoms with Gasteiger partial charge in [0.15, 0.2) is 0 Å². The molecule has 6 nitrogen and oxygen atoms in total. The number of nitrogens with one attached hydrogen (secondary N) is 1.